The molecule has 4 rings (SSSR count). The molecule has 1 amide bonds. The van der Waals surface area contributed by atoms with Crippen LogP contribution in [-0.4, -0.2) is 17.4 Å². The number of aromatic nitrogens is 1. The molecule has 1 aromatic heterocycles. The molecule has 27 heavy (non-hydrogen) atoms. The number of carbonyl (C=O) groups excluding carboxylic acids is 1. The molecule has 0 saturated carbocycles. The van der Waals surface area contributed by atoms with Gasteiger partial charge >= 0.3 is 0 Å². The summed E-state index contributed by atoms with van der Waals surface area (Å²) in [5.41, 5.74) is 2.05. The molecule has 2 aromatic carbocycles. The highest BCUT2D eigenvalue weighted by atomic mass is 19.2. The SMILES string of the molecule is O=C(c1ccnc(Nc2ccc(F)c(F)c2F)c1)N1CCc2ccccc21. The predicted molar refractivity (Wildman–Crippen MR) is 95.7 cm³/mol. The van der Waals surface area contributed by atoms with E-state index in [0.717, 1.165) is 29.8 Å². The maximum atomic E-state index is 13.8. The van der Waals surface area contributed by atoms with E-state index in [2.05, 4.69) is 10.3 Å². The Morgan fingerprint density at radius 1 is 1.04 bits per heavy atom. The summed E-state index contributed by atoms with van der Waals surface area (Å²) in [4.78, 5) is 18.6. The summed E-state index contributed by atoms with van der Waals surface area (Å²) in [6.07, 6.45) is 2.17. The first-order chi connectivity index (χ1) is 13.0. The van der Waals surface area contributed by atoms with Gasteiger partial charge in [0, 0.05) is 24.0 Å². The van der Waals surface area contributed by atoms with Crippen LogP contribution in [0.1, 0.15) is 15.9 Å². The zero-order valence-corrected chi connectivity index (χ0v) is 14.0. The summed E-state index contributed by atoms with van der Waals surface area (Å²) >= 11 is 0. The number of hydrogen-bond acceptors (Lipinski definition) is 3. The highest BCUT2D eigenvalue weighted by molar-refractivity contribution is 6.07. The van der Waals surface area contributed by atoms with Gasteiger partial charge in [0.15, 0.2) is 17.5 Å². The molecule has 1 aliphatic rings. The van der Waals surface area contributed by atoms with Gasteiger partial charge in [0.05, 0.1) is 5.69 Å². The van der Waals surface area contributed by atoms with Crippen molar-refractivity contribution in [3.8, 4) is 0 Å². The molecular formula is C20H14F3N3O. The molecule has 2 heterocycles. The molecule has 0 fully saturated rings. The third-order valence-corrected chi connectivity index (χ3v) is 4.44. The first kappa shape index (κ1) is 17.1. The second kappa shape index (κ2) is 6.75. The third-order valence-electron chi connectivity index (χ3n) is 4.44. The number of carbonyl (C=O) groups is 1. The van der Waals surface area contributed by atoms with Crippen LogP contribution in [0.4, 0.5) is 30.4 Å². The predicted octanol–water partition coefficient (Wildman–Crippen LogP) is 4.45. The largest absolute Gasteiger partial charge is 0.338 e. The Morgan fingerprint density at radius 3 is 2.70 bits per heavy atom. The van der Waals surface area contributed by atoms with Gasteiger partial charge in [-0.2, -0.15) is 0 Å². The van der Waals surface area contributed by atoms with Gasteiger partial charge in [-0.25, -0.2) is 18.2 Å². The summed E-state index contributed by atoms with van der Waals surface area (Å²) in [5.74, 6) is -4.25. The van der Waals surface area contributed by atoms with Crippen molar-refractivity contribution in [1.82, 2.24) is 4.98 Å². The number of nitrogens with one attached hydrogen (secondary N) is 1. The maximum Gasteiger partial charge on any atom is 0.258 e. The van der Waals surface area contributed by atoms with Crippen LogP contribution in [0.3, 0.4) is 0 Å². The van der Waals surface area contributed by atoms with Crippen LogP contribution >= 0.6 is 0 Å². The number of halogens is 3. The molecular weight excluding hydrogens is 355 g/mol. The van der Waals surface area contributed by atoms with Gasteiger partial charge in [0.25, 0.3) is 5.91 Å². The van der Waals surface area contributed by atoms with E-state index in [4.69, 9.17) is 0 Å². The number of amides is 1. The smallest absolute Gasteiger partial charge is 0.258 e. The number of hydrogen-bond donors (Lipinski definition) is 1. The molecule has 0 saturated heterocycles. The fourth-order valence-electron chi connectivity index (χ4n) is 3.10. The molecule has 0 atom stereocenters. The van der Waals surface area contributed by atoms with Crippen molar-refractivity contribution < 1.29 is 18.0 Å². The summed E-state index contributed by atoms with van der Waals surface area (Å²) in [7, 11) is 0. The Balaban J connectivity index is 1.60. The molecule has 3 aromatic rings. The minimum atomic E-state index is -1.57. The molecule has 7 heteroatoms. The zero-order valence-electron chi connectivity index (χ0n) is 14.0. The van der Waals surface area contributed by atoms with E-state index in [1.165, 1.54) is 12.3 Å². The highest BCUT2D eigenvalue weighted by Crippen LogP contribution is 2.29. The van der Waals surface area contributed by atoms with Gasteiger partial charge in [0.2, 0.25) is 0 Å². The Bertz CT molecular complexity index is 1040. The van der Waals surface area contributed by atoms with E-state index in [9.17, 15) is 18.0 Å². The molecule has 0 aliphatic carbocycles. The Morgan fingerprint density at radius 2 is 1.85 bits per heavy atom. The summed E-state index contributed by atoms with van der Waals surface area (Å²) in [6, 6.07) is 12.6. The number of pyridine rings is 1. The second-order valence-electron chi connectivity index (χ2n) is 6.11. The molecule has 4 nitrogen and oxygen atoms in total. The van der Waals surface area contributed by atoms with Crippen molar-refractivity contribution in [3.63, 3.8) is 0 Å². The number of para-hydroxylation sites is 1. The lowest BCUT2D eigenvalue weighted by molar-refractivity contribution is 0.0989. The van der Waals surface area contributed by atoms with Crippen LogP contribution in [0, 0.1) is 17.5 Å². The summed E-state index contributed by atoms with van der Waals surface area (Å²) < 4.78 is 40.3. The van der Waals surface area contributed by atoms with Crippen LogP contribution in [0.5, 0.6) is 0 Å². The average Bonchev–Trinajstić information content (AvgIpc) is 3.12. The number of fused-ring (bicyclic) bond motifs is 1. The van der Waals surface area contributed by atoms with Crippen molar-refractivity contribution >= 4 is 23.1 Å². The zero-order chi connectivity index (χ0) is 19.0. The van der Waals surface area contributed by atoms with Crippen LogP contribution in [0.25, 0.3) is 0 Å². The summed E-state index contributed by atoms with van der Waals surface area (Å²) in [5, 5.41) is 2.58. The molecule has 0 bridgehead atoms. The third kappa shape index (κ3) is 3.12. The quantitative estimate of drug-likeness (QED) is 0.694. The Hall–Kier alpha value is -3.35. The van der Waals surface area contributed by atoms with Crippen molar-refractivity contribution in [2.75, 3.05) is 16.8 Å². The van der Waals surface area contributed by atoms with Gasteiger partial charge in [-0.05, 0) is 42.3 Å². The summed E-state index contributed by atoms with van der Waals surface area (Å²) in [6.45, 7) is 0.571. The minimum absolute atomic E-state index is 0.151. The molecule has 1 aliphatic heterocycles. The van der Waals surface area contributed by atoms with Crippen molar-refractivity contribution in [1.29, 1.82) is 0 Å². The lowest BCUT2D eigenvalue weighted by Gasteiger charge is -2.17. The lowest BCUT2D eigenvalue weighted by atomic mass is 10.1. The fourth-order valence-corrected chi connectivity index (χ4v) is 3.10. The van der Waals surface area contributed by atoms with Crippen molar-refractivity contribution in [2.45, 2.75) is 6.42 Å². The molecule has 0 spiro atoms. The van der Waals surface area contributed by atoms with Gasteiger partial charge in [-0.3, -0.25) is 4.79 Å². The Kier molecular flexibility index (Phi) is 4.27. The van der Waals surface area contributed by atoms with Gasteiger partial charge in [-0.15, -0.1) is 0 Å². The lowest BCUT2D eigenvalue weighted by Crippen LogP contribution is -2.28. The molecule has 0 unspecified atom stereocenters. The molecule has 1 N–H and O–H groups in total. The van der Waals surface area contributed by atoms with Crippen molar-refractivity contribution in [2.24, 2.45) is 0 Å². The number of rotatable bonds is 3. The minimum Gasteiger partial charge on any atom is -0.338 e. The van der Waals surface area contributed by atoms with Crippen LogP contribution < -0.4 is 10.2 Å². The van der Waals surface area contributed by atoms with Crippen LogP contribution in [0.15, 0.2) is 54.7 Å². The Labute approximate surface area is 153 Å². The first-order valence-corrected chi connectivity index (χ1v) is 8.31. The molecule has 136 valence electrons. The number of nitrogens with zero attached hydrogens (tertiary/aromatic N) is 2. The van der Waals surface area contributed by atoms with Gasteiger partial charge < -0.3 is 10.2 Å². The highest BCUT2D eigenvalue weighted by Gasteiger charge is 2.25. The van der Waals surface area contributed by atoms with E-state index in [1.54, 1.807) is 11.0 Å². The normalized spacial score (nSPS) is 12.8. The average molecular weight is 369 g/mol. The van der Waals surface area contributed by atoms with Gasteiger partial charge in [-0.1, -0.05) is 18.2 Å². The second-order valence-corrected chi connectivity index (χ2v) is 6.11. The van der Waals surface area contributed by atoms with E-state index in [1.807, 2.05) is 24.3 Å². The van der Waals surface area contributed by atoms with Gasteiger partial charge in [0.1, 0.15) is 5.82 Å². The van der Waals surface area contributed by atoms with E-state index < -0.39 is 17.5 Å². The first-order valence-electron chi connectivity index (χ1n) is 8.31. The topological polar surface area (TPSA) is 45.2 Å². The van der Waals surface area contributed by atoms with E-state index >= 15 is 0 Å². The number of anilines is 3. The van der Waals surface area contributed by atoms with Crippen molar-refractivity contribution in [3.05, 3.63) is 83.3 Å². The fraction of sp³-hybridized carbons (Fsp3) is 0.100. The van der Waals surface area contributed by atoms with Crippen LogP contribution in [-0.2, 0) is 6.42 Å². The standard InChI is InChI=1S/C20H14F3N3O/c21-14-5-6-15(19(23)18(14)22)25-17-11-13(7-9-24-17)20(27)26-10-8-12-3-1-2-4-16(12)26/h1-7,9,11H,8,10H2,(H,24,25). The monoisotopic (exact) mass is 369 g/mol. The number of benzene rings is 2. The van der Waals surface area contributed by atoms with Crippen LogP contribution in [0.2, 0.25) is 0 Å². The maximum absolute atomic E-state index is 13.8. The van der Waals surface area contributed by atoms with E-state index in [-0.39, 0.29) is 17.4 Å². The molecule has 0 radical (unpaired) electrons. The van der Waals surface area contributed by atoms with E-state index in [0.29, 0.717) is 12.1 Å².